The maximum atomic E-state index is 13.1. The van der Waals surface area contributed by atoms with Crippen LogP contribution in [0.5, 0.6) is 0 Å². The molecule has 0 unspecified atom stereocenters. The largest absolute Gasteiger partial charge is 0.344 e. The second-order valence-electron chi connectivity index (χ2n) is 6.07. The molecule has 2 nitrogen and oxygen atoms in total. The van der Waals surface area contributed by atoms with Crippen LogP contribution in [-0.2, 0) is 6.54 Å². The summed E-state index contributed by atoms with van der Waals surface area (Å²) < 4.78 is 15.3. The zero-order valence-electron chi connectivity index (χ0n) is 14.3. The lowest BCUT2D eigenvalue weighted by Gasteiger charge is -2.09. The van der Waals surface area contributed by atoms with Crippen LogP contribution in [-0.4, -0.2) is 4.57 Å². The first kappa shape index (κ1) is 16.7. The molecule has 0 bridgehead atoms. The monoisotopic (exact) mass is 330 g/mol. The molecule has 0 aliphatic heterocycles. The maximum absolute atomic E-state index is 13.1. The molecule has 0 aliphatic carbocycles. The molecule has 3 heteroatoms. The van der Waals surface area contributed by atoms with Crippen molar-refractivity contribution in [3.63, 3.8) is 0 Å². The van der Waals surface area contributed by atoms with Gasteiger partial charge >= 0.3 is 0 Å². The number of hydrogen-bond donors (Lipinski definition) is 0. The average Bonchev–Trinajstić information content (AvgIpc) is 2.89. The highest BCUT2D eigenvalue weighted by Gasteiger charge is 2.10. The van der Waals surface area contributed by atoms with Crippen LogP contribution in [0, 0.1) is 31.0 Å². The fourth-order valence-corrected chi connectivity index (χ4v) is 2.95. The maximum Gasteiger partial charge on any atom is 0.123 e. The van der Waals surface area contributed by atoms with Crippen LogP contribution >= 0.6 is 0 Å². The smallest absolute Gasteiger partial charge is 0.123 e. The van der Waals surface area contributed by atoms with E-state index in [1.165, 1.54) is 17.7 Å². The molecule has 0 spiro atoms. The Morgan fingerprint density at radius 2 is 1.76 bits per heavy atom. The van der Waals surface area contributed by atoms with E-state index in [2.05, 4.69) is 42.7 Å². The number of benzene rings is 2. The molecule has 25 heavy (non-hydrogen) atoms. The molecule has 0 atom stereocenters. The Labute approximate surface area is 147 Å². The molecule has 3 rings (SSSR count). The lowest BCUT2D eigenvalue weighted by Crippen LogP contribution is -2.03. The number of nitriles is 1. The van der Waals surface area contributed by atoms with Gasteiger partial charge in [-0.15, -0.1) is 0 Å². The summed E-state index contributed by atoms with van der Waals surface area (Å²) >= 11 is 0. The van der Waals surface area contributed by atoms with E-state index < -0.39 is 0 Å². The fraction of sp³-hybridized carbons (Fsp3) is 0.136. The molecule has 1 aromatic heterocycles. The van der Waals surface area contributed by atoms with Gasteiger partial charge in [-0.05, 0) is 54.8 Å². The van der Waals surface area contributed by atoms with Crippen molar-refractivity contribution in [1.29, 1.82) is 5.26 Å². The van der Waals surface area contributed by atoms with Gasteiger partial charge in [0.05, 0.1) is 11.6 Å². The molecule has 0 amide bonds. The van der Waals surface area contributed by atoms with Crippen molar-refractivity contribution in [2.24, 2.45) is 0 Å². The Morgan fingerprint density at radius 3 is 2.40 bits per heavy atom. The first-order chi connectivity index (χ1) is 12.1. The van der Waals surface area contributed by atoms with Crippen molar-refractivity contribution >= 4 is 11.6 Å². The molecule has 0 aliphatic rings. The van der Waals surface area contributed by atoms with Gasteiger partial charge in [0.1, 0.15) is 5.82 Å². The zero-order valence-corrected chi connectivity index (χ0v) is 14.3. The van der Waals surface area contributed by atoms with Crippen molar-refractivity contribution in [3.8, 4) is 6.07 Å². The summed E-state index contributed by atoms with van der Waals surface area (Å²) in [5.41, 5.74) is 5.74. The van der Waals surface area contributed by atoms with Gasteiger partial charge in [0.15, 0.2) is 0 Å². The predicted molar refractivity (Wildman–Crippen MR) is 99.3 cm³/mol. The number of allylic oxidation sites excluding steroid dienone is 1. The van der Waals surface area contributed by atoms with Crippen LogP contribution in [0.1, 0.15) is 28.1 Å². The summed E-state index contributed by atoms with van der Waals surface area (Å²) in [7, 11) is 0. The summed E-state index contributed by atoms with van der Waals surface area (Å²) in [5, 5.41) is 9.49. The van der Waals surface area contributed by atoms with Crippen molar-refractivity contribution in [2.45, 2.75) is 20.4 Å². The molecule has 124 valence electrons. The first-order valence-corrected chi connectivity index (χ1v) is 8.17. The van der Waals surface area contributed by atoms with E-state index in [-0.39, 0.29) is 5.82 Å². The summed E-state index contributed by atoms with van der Waals surface area (Å²) in [5.74, 6) is -0.304. The van der Waals surface area contributed by atoms with Crippen molar-refractivity contribution in [1.82, 2.24) is 4.57 Å². The predicted octanol–water partition coefficient (Wildman–Crippen LogP) is 5.36. The van der Waals surface area contributed by atoms with E-state index in [1.54, 1.807) is 12.1 Å². The van der Waals surface area contributed by atoms with Gasteiger partial charge in [0, 0.05) is 17.9 Å². The minimum atomic E-state index is -0.304. The molecule has 0 radical (unpaired) electrons. The van der Waals surface area contributed by atoms with Crippen LogP contribution in [0.25, 0.3) is 11.6 Å². The average molecular weight is 330 g/mol. The van der Waals surface area contributed by atoms with E-state index in [4.69, 9.17) is 0 Å². The van der Waals surface area contributed by atoms with Crippen molar-refractivity contribution in [3.05, 3.63) is 94.6 Å². The Balaban J connectivity index is 1.96. The Hall–Kier alpha value is -3.12. The van der Waals surface area contributed by atoms with Crippen LogP contribution in [0.3, 0.4) is 0 Å². The van der Waals surface area contributed by atoms with Gasteiger partial charge in [-0.25, -0.2) is 4.39 Å². The van der Waals surface area contributed by atoms with E-state index in [0.29, 0.717) is 5.57 Å². The van der Waals surface area contributed by atoms with Crippen molar-refractivity contribution < 1.29 is 4.39 Å². The summed E-state index contributed by atoms with van der Waals surface area (Å²) in [6.45, 7) is 4.92. The normalized spacial score (nSPS) is 11.4. The highest BCUT2D eigenvalue weighted by molar-refractivity contribution is 5.90. The van der Waals surface area contributed by atoms with Crippen LogP contribution in [0.2, 0.25) is 0 Å². The molecule has 1 heterocycles. The van der Waals surface area contributed by atoms with Crippen LogP contribution < -0.4 is 0 Å². The topological polar surface area (TPSA) is 28.7 Å². The van der Waals surface area contributed by atoms with E-state index in [0.717, 1.165) is 29.1 Å². The van der Waals surface area contributed by atoms with E-state index in [1.807, 2.05) is 24.3 Å². The number of nitrogens with zero attached hydrogens (tertiary/aromatic N) is 2. The number of halogens is 1. The highest BCUT2D eigenvalue weighted by atomic mass is 19.1. The molecule has 0 saturated carbocycles. The Morgan fingerprint density at radius 1 is 1.08 bits per heavy atom. The third-order valence-corrected chi connectivity index (χ3v) is 4.37. The van der Waals surface area contributed by atoms with Crippen molar-refractivity contribution in [2.75, 3.05) is 0 Å². The first-order valence-electron chi connectivity index (χ1n) is 8.17. The van der Waals surface area contributed by atoms with Gasteiger partial charge in [-0.3, -0.25) is 0 Å². The summed E-state index contributed by atoms with van der Waals surface area (Å²) in [4.78, 5) is 0. The lowest BCUT2D eigenvalue weighted by molar-refractivity contribution is 0.627. The second-order valence-corrected chi connectivity index (χ2v) is 6.07. The molecule has 3 aromatic rings. The summed E-state index contributed by atoms with van der Waals surface area (Å²) in [6, 6.07) is 20.6. The number of aromatic nitrogens is 1. The third kappa shape index (κ3) is 3.70. The van der Waals surface area contributed by atoms with Gasteiger partial charge in [0.2, 0.25) is 0 Å². The number of aryl methyl sites for hydroxylation is 1. The molecule has 0 N–H and O–H groups in total. The van der Waals surface area contributed by atoms with Gasteiger partial charge < -0.3 is 4.57 Å². The molecular formula is C22H19FN2. The SMILES string of the molecule is Cc1cc(/C=C(\C#N)c2ccc(F)cc2)c(C)n1Cc1ccccc1. The number of rotatable bonds is 4. The van der Waals surface area contributed by atoms with Gasteiger partial charge in [-0.2, -0.15) is 5.26 Å². The fourth-order valence-electron chi connectivity index (χ4n) is 2.95. The van der Waals surface area contributed by atoms with Gasteiger partial charge in [0.25, 0.3) is 0 Å². The molecule has 2 aromatic carbocycles. The summed E-state index contributed by atoms with van der Waals surface area (Å²) in [6.07, 6.45) is 1.87. The minimum Gasteiger partial charge on any atom is -0.344 e. The van der Waals surface area contributed by atoms with Gasteiger partial charge in [-0.1, -0.05) is 42.5 Å². The molecular weight excluding hydrogens is 311 g/mol. The quantitative estimate of drug-likeness (QED) is 0.592. The third-order valence-electron chi connectivity index (χ3n) is 4.37. The molecule has 0 fully saturated rings. The Kier molecular flexibility index (Phi) is 4.81. The number of hydrogen-bond acceptors (Lipinski definition) is 1. The second kappa shape index (κ2) is 7.19. The zero-order chi connectivity index (χ0) is 17.8. The van der Waals surface area contributed by atoms with Crippen LogP contribution in [0.4, 0.5) is 4.39 Å². The lowest BCUT2D eigenvalue weighted by atomic mass is 10.0. The Bertz CT molecular complexity index is 942. The van der Waals surface area contributed by atoms with E-state index in [9.17, 15) is 9.65 Å². The minimum absolute atomic E-state index is 0.304. The highest BCUT2D eigenvalue weighted by Crippen LogP contribution is 2.23. The standard InChI is InChI=1S/C22H19FN2/c1-16-12-20(13-21(14-24)19-8-10-22(23)11-9-19)17(2)25(16)15-18-6-4-3-5-7-18/h3-13H,15H2,1-2H3/b21-13+. The van der Waals surface area contributed by atoms with E-state index >= 15 is 0 Å². The molecule has 0 saturated heterocycles. The van der Waals surface area contributed by atoms with Crippen LogP contribution in [0.15, 0.2) is 60.7 Å².